The predicted molar refractivity (Wildman–Crippen MR) is 76.2 cm³/mol. The standard InChI is InChI=1S/C15H22N2O2/c1-11-4-5-13(10-12(11)2)14(18)6-7-15(19)17-9-3-8-16/h4-5,10H,3,6-9,16H2,1-2H3,(H,17,19). The summed E-state index contributed by atoms with van der Waals surface area (Å²) in [4.78, 5) is 23.4. The molecule has 1 rings (SSSR count). The SMILES string of the molecule is Cc1ccc(C(=O)CCC(=O)NCCCN)cc1C. The first kappa shape index (κ1) is 15.4. The lowest BCUT2D eigenvalue weighted by Crippen LogP contribution is -2.26. The molecule has 0 aliphatic heterocycles. The molecule has 1 aromatic rings. The molecule has 0 heterocycles. The molecular weight excluding hydrogens is 240 g/mol. The van der Waals surface area contributed by atoms with Crippen molar-refractivity contribution in [3.63, 3.8) is 0 Å². The van der Waals surface area contributed by atoms with Crippen LogP contribution in [-0.2, 0) is 4.79 Å². The van der Waals surface area contributed by atoms with Gasteiger partial charge in [0, 0.05) is 24.9 Å². The van der Waals surface area contributed by atoms with Crippen LogP contribution >= 0.6 is 0 Å². The van der Waals surface area contributed by atoms with Gasteiger partial charge in [0.15, 0.2) is 5.78 Å². The molecule has 0 aliphatic rings. The Morgan fingerprint density at radius 1 is 1.16 bits per heavy atom. The molecule has 104 valence electrons. The minimum absolute atomic E-state index is 0.0112. The lowest BCUT2D eigenvalue weighted by molar-refractivity contribution is -0.121. The molecule has 19 heavy (non-hydrogen) atoms. The van der Waals surface area contributed by atoms with Crippen LogP contribution in [0.3, 0.4) is 0 Å². The van der Waals surface area contributed by atoms with E-state index in [1.165, 1.54) is 0 Å². The molecule has 0 fully saturated rings. The highest BCUT2D eigenvalue weighted by Gasteiger charge is 2.09. The van der Waals surface area contributed by atoms with Gasteiger partial charge in [0.05, 0.1) is 0 Å². The third kappa shape index (κ3) is 5.22. The van der Waals surface area contributed by atoms with Crippen LogP contribution in [-0.4, -0.2) is 24.8 Å². The zero-order chi connectivity index (χ0) is 14.3. The normalized spacial score (nSPS) is 10.3. The lowest BCUT2D eigenvalue weighted by atomic mass is 10.0. The fraction of sp³-hybridized carbons (Fsp3) is 0.467. The zero-order valence-corrected chi connectivity index (χ0v) is 11.7. The number of nitrogens with two attached hydrogens (primary N) is 1. The molecule has 4 heteroatoms. The molecule has 1 amide bonds. The van der Waals surface area contributed by atoms with E-state index in [0.29, 0.717) is 18.7 Å². The van der Waals surface area contributed by atoms with Crippen molar-refractivity contribution >= 4 is 11.7 Å². The summed E-state index contributed by atoms with van der Waals surface area (Å²) in [6, 6.07) is 5.63. The molecule has 0 radical (unpaired) electrons. The molecular formula is C15H22N2O2. The van der Waals surface area contributed by atoms with Gasteiger partial charge in [-0.05, 0) is 44.0 Å². The summed E-state index contributed by atoms with van der Waals surface area (Å²) in [7, 11) is 0. The summed E-state index contributed by atoms with van der Waals surface area (Å²) < 4.78 is 0. The second-order valence-electron chi connectivity index (χ2n) is 4.71. The van der Waals surface area contributed by atoms with E-state index >= 15 is 0 Å². The number of carbonyl (C=O) groups is 2. The predicted octanol–water partition coefficient (Wildman–Crippen LogP) is 1.73. The second-order valence-corrected chi connectivity index (χ2v) is 4.71. The summed E-state index contributed by atoms with van der Waals surface area (Å²) >= 11 is 0. The van der Waals surface area contributed by atoms with Crippen LogP contribution in [0, 0.1) is 13.8 Å². The summed E-state index contributed by atoms with van der Waals surface area (Å²) in [5.41, 5.74) is 8.27. The van der Waals surface area contributed by atoms with Crippen molar-refractivity contribution in [3.8, 4) is 0 Å². The van der Waals surface area contributed by atoms with Crippen molar-refractivity contribution in [1.82, 2.24) is 5.32 Å². The first-order valence-corrected chi connectivity index (χ1v) is 6.62. The molecule has 1 aromatic carbocycles. The van der Waals surface area contributed by atoms with E-state index < -0.39 is 0 Å². The Hall–Kier alpha value is -1.68. The van der Waals surface area contributed by atoms with Gasteiger partial charge in [-0.1, -0.05) is 12.1 Å². The van der Waals surface area contributed by atoms with E-state index in [1.54, 1.807) is 0 Å². The van der Waals surface area contributed by atoms with Crippen LogP contribution in [0.5, 0.6) is 0 Å². The molecule has 0 aliphatic carbocycles. The number of hydrogen-bond acceptors (Lipinski definition) is 3. The minimum Gasteiger partial charge on any atom is -0.356 e. The Kier molecular flexibility index (Phi) is 6.22. The molecule has 0 bridgehead atoms. The molecule has 3 N–H and O–H groups in total. The molecule has 0 spiro atoms. The van der Waals surface area contributed by atoms with Gasteiger partial charge in [-0.3, -0.25) is 9.59 Å². The first-order chi connectivity index (χ1) is 9.04. The van der Waals surface area contributed by atoms with Crippen molar-refractivity contribution in [2.24, 2.45) is 5.73 Å². The van der Waals surface area contributed by atoms with Gasteiger partial charge < -0.3 is 11.1 Å². The highest BCUT2D eigenvalue weighted by molar-refractivity contribution is 5.98. The van der Waals surface area contributed by atoms with Crippen LogP contribution in [0.1, 0.15) is 40.7 Å². The number of amides is 1. The van der Waals surface area contributed by atoms with E-state index in [4.69, 9.17) is 5.73 Å². The van der Waals surface area contributed by atoms with Crippen LogP contribution in [0.4, 0.5) is 0 Å². The number of carbonyl (C=O) groups excluding carboxylic acids is 2. The summed E-state index contributed by atoms with van der Waals surface area (Å²) in [5, 5.41) is 2.74. The van der Waals surface area contributed by atoms with Gasteiger partial charge >= 0.3 is 0 Å². The van der Waals surface area contributed by atoms with Gasteiger partial charge in [-0.25, -0.2) is 0 Å². The van der Waals surface area contributed by atoms with Gasteiger partial charge in [-0.2, -0.15) is 0 Å². The summed E-state index contributed by atoms with van der Waals surface area (Å²) in [6.07, 6.45) is 1.24. The zero-order valence-electron chi connectivity index (χ0n) is 11.7. The fourth-order valence-corrected chi connectivity index (χ4v) is 1.70. The number of Topliss-reactive ketones (excluding diaryl/α,β-unsaturated/α-hetero) is 1. The maximum atomic E-state index is 11.9. The highest BCUT2D eigenvalue weighted by atomic mass is 16.2. The molecule has 0 saturated carbocycles. The number of aryl methyl sites for hydroxylation is 2. The Morgan fingerprint density at radius 2 is 1.89 bits per heavy atom. The van der Waals surface area contributed by atoms with Gasteiger partial charge in [0.2, 0.25) is 5.91 Å². The lowest BCUT2D eigenvalue weighted by Gasteiger charge is -2.06. The third-order valence-corrected chi connectivity index (χ3v) is 3.11. The van der Waals surface area contributed by atoms with Crippen molar-refractivity contribution < 1.29 is 9.59 Å². The summed E-state index contributed by atoms with van der Waals surface area (Å²) in [5.74, 6) is -0.0808. The average molecular weight is 262 g/mol. The monoisotopic (exact) mass is 262 g/mol. The fourth-order valence-electron chi connectivity index (χ4n) is 1.70. The molecule has 0 aromatic heterocycles. The van der Waals surface area contributed by atoms with Gasteiger partial charge in [-0.15, -0.1) is 0 Å². The second kappa shape index (κ2) is 7.69. The third-order valence-electron chi connectivity index (χ3n) is 3.11. The number of ketones is 1. The quantitative estimate of drug-likeness (QED) is 0.580. The topological polar surface area (TPSA) is 72.2 Å². The maximum Gasteiger partial charge on any atom is 0.220 e. The highest BCUT2D eigenvalue weighted by Crippen LogP contribution is 2.12. The van der Waals surface area contributed by atoms with Crippen molar-refractivity contribution in [2.75, 3.05) is 13.1 Å². The van der Waals surface area contributed by atoms with Crippen LogP contribution in [0.15, 0.2) is 18.2 Å². The Morgan fingerprint density at radius 3 is 2.53 bits per heavy atom. The number of hydrogen-bond donors (Lipinski definition) is 2. The van der Waals surface area contributed by atoms with Gasteiger partial charge in [0.25, 0.3) is 0 Å². The van der Waals surface area contributed by atoms with Crippen LogP contribution in [0.25, 0.3) is 0 Å². The number of nitrogens with one attached hydrogen (secondary N) is 1. The van der Waals surface area contributed by atoms with Crippen molar-refractivity contribution in [3.05, 3.63) is 34.9 Å². The summed E-state index contributed by atoms with van der Waals surface area (Å²) in [6.45, 7) is 5.12. The molecule has 4 nitrogen and oxygen atoms in total. The van der Waals surface area contributed by atoms with Crippen molar-refractivity contribution in [1.29, 1.82) is 0 Å². The van der Waals surface area contributed by atoms with E-state index in [-0.39, 0.29) is 24.5 Å². The van der Waals surface area contributed by atoms with Crippen LogP contribution < -0.4 is 11.1 Å². The number of benzene rings is 1. The molecule has 0 saturated heterocycles. The smallest absolute Gasteiger partial charge is 0.220 e. The van der Waals surface area contributed by atoms with Crippen LogP contribution in [0.2, 0.25) is 0 Å². The Balaban J connectivity index is 2.42. The minimum atomic E-state index is -0.0920. The molecule has 0 atom stereocenters. The van der Waals surface area contributed by atoms with E-state index in [2.05, 4.69) is 5.32 Å². The molecule has 0 unspecified atom stereocenters. The largest absolute Gasteiger partial charge is 0.356 e. The van der Waals surface area contributed by atoms with E-state index in [9.17, 15) is 9.59 Å². The average Bonchev–Trinajstić information content (AvgIpc) is 2.39. The first-order valence-electron chi connectivity index (χ1n) is 6.62. The van der Waals surface area contributed by atoms with Gasteiger partial charge in [0.1, 0.15) is 0 Å². The maximum absolute atomic E-state index is 11.9. The Bertz CT molecular complexity index is 455. The number of rotatable bonds is 7. The van der Waals surface area contributed by atoms with E-state index in [1.807, 2.05) is 32.0 Å². The Labute approximate surface area is 114 Å². The van der Waals surface area contributed by atoms with E-state index in [0.717, 1.165) is 17.5 Å². The van der Waals surface area contributed by atoms with Crippen molar-refractivity contribution in [2.45, 2.75) is 33.1 Å².